The molecule has 0 bridgehead atoms. The molecule has 0 amide bonds. The molecular formula is C16H15ClF3N3O2S. The monoisotopic (exact) mass is 405 g/mol. The number of alkyl halides is 3. The maximum Gasteiger partial charge on any atom is 0.435 e. The van der Waals surface area contributed by atoms with E-state index in [1.54, 1.807) is 38.1 Å². The van der Waals surface area contributed by atoms with E-state index in [0.29, 0.717) is 9.92 Å². The lowest BCUT2D eigenvalue weighted by Gasteiger charge is -2.05. The Bertz CT molecular complexity index is 817. The highest BCUT2D eigenvalue weighted by Gasteiger charge is 2.38. The summed E-state index contributed by atoms with van der Waals surface area (Å²) in [5, 5.41) is 7.66. The van der Waals surface area contributed by atoms with Crippen LogP contribution in [0.5, 0.6) is 0 Å². The SMILES string of the molecule is CC(C)C(=O)ON=Cc1c(C(F)(F)F)nn(C)c1Sc1ccc(Cl)cc1. The average Bonchev–Trinajstić information content (AvgIpc) is 2.86. The van der Waals surface area contributed by atoms with Crippen LogP contribution >= 0.6 is 23.4 Å². The van der Waals surface area contributed by atoms with Crippen molar-refractivity contribution in [3.8, 4) is 0 Å². The van der Waals surface area contributed by atoms with Crippen LogP contribution in [-0.4, -0.2) is 22.0 Å². The van der Waals surface area contributed by atoms with Crippen LogP contribution in [0.1, 0.15) is 25.1 Å². The van der Waals surface area contributed by atoms with Crippen molar-refractivity contribution < 1.29 is 22.8 Å². The summed E-state index contributed by atoms with van der Waals surface area (Å²) < 4.78 is 40.9. The summed E-state index contributed by atoms with van der Waals surface area (Å²) in [6, 6.07) is 6.60. The Hall–Kier alpha value is -2.00. The fraction of sp³-hybridized carbons (Fsp3) is 0.312. The molecule has 1 heterocycles. The average molecular weight is 406 g/mol. The summed E-state index contributed by atoms with van der Waals surface area (Å²) in [6.45, 7) is 3.18. The minimum absolute atomic E-state index is 0.198. The van der Waals surface area contributed by atoms with Gasteiger partial charge in [0.1, 0.15) is 5.03 Å². The van der Waals surface area contributed by atoms with Gasteiger partial charge in [-0.3, -0.25) is 4.68 Å². The van der Waals surface area contributed by atoms with Gasteiger partial charge in [0.2, 0.25) is 0 Å². The molecule has 0 saturated carbocycles. The van der Waals surface area contributed by atoms with Crippen LogP contribution in [0.15, 0.2) is 39.3 Å². The number of hydrogen-bond acceptors (Lipinski definition) is 5. The van der Waals surface area contributed by atoms with Gasteiger partial charge in [0.05, 0.1) is 17.7 Å². The van der Waals surface area contributed by atoms with E-state index < -0.39 is 23.8 Å². The standard InChI is InChI=1S/C16H15ClF3N3O2S/c1-9(2)15(24)25-21-8-12-13(16(18,19)20)22-23(3)14(12)26-11-6-4-10(17)5-7-11/h4-9H,1-3H3. The highest BCUT2D eigenvalue weighted by Crippen LogP contribution is 2.37. The van der Waals surface area contributed by atoms with Crippen molar-refractivity contribution in [1.29, 1.82) is 0 Å². The Morgan fingerprint density at radius 3 is 2.50 bits per heavy atom. The fourth-order valence-corrected chi connectivity index (χ4v) is 2.88. The number of hydrogen-bond donors (Lipinski definition) is 0. The van der Waals surface area contributed by atoms with Crippen LogP contribution in [0.4, 0.5) is 13.2 Å². The molecule has 0 fully saturated rings. The van der Waals surface area contributed by atoms with Gasteiger partial charge in [0.25, 0.3) is 0 Å². The minimum Gasteiger partial charge on any atom is -0.318 e. The van der Waals surface area contributed by atoms with Crippen LogP contribution < -0.4 is 0 Å². The minimum atomic E-state index is -4.68. The molecular weight excluding hydrogens is 391 g/mol. The quantitative estimate of drug-likeness (QED) is 0.408. The van der Waals surface area contributed by atoms with Gasteiger partial charge < -0.3 is 4.84 Å². The number of benzene rings is 1. The van der Waals surface area contributed by atoms with Crippen LogP contribution in [0.3, 0.4) is 0 Å². The third-order valence-electron chi connectivity index (χ3n) is 3.12. The normalized spacial score (nSPS) is 12.2. The van der Waals surface area contributed by atoms with E-state index in [1.807, 2.05) is 0 Å². The number of aromatic nitrogens is 2. The van der Waals surface area contributed by atoms with Gasteiger partial charge in [0.15, 0.2) is 5.69 Å². The zero-order valence-corrected chi connectivity index (χ0v) is 15.6. The lowest BCUT2D eigenvalue weighted by Crippen LogP contribution is -2.10. The summed E-state index contributed by atoms with van der Waals surface area (Å²) in [5.74, 6) is -1.10. The molecule has 0 aliphatic heterocycles. The summed E-state index contributed by atoms with van der Waals surface area (Å²) in [5.41, 5.74) is -1.39. The van der Waals surface area contributed by atoms with E-state index in [1.165, 1.54) is 7.05 Å². The number of nitrogens with zero attached hydrogens (tertiary/aromatic N) is 3. The topological polar surface area (TPSA) is 56.5 Å². The van der Waals surface area contributed by atoms with Gasteiger partial charge in [-0.05, 0) is 24.3 Å². The van der Waals surface area contributed by atoms with Crippen molar-refractivity contribution in [2.24, 2.45) is 18.1 Å². The number of halogens is 4. The molecule has 1 aromatic carbocycles. The Labute approximate surface area is 157 Å². The first kappa shape index (κ1) is 20.3. The maximum atomic E-state index is 13.3. The van der Waals surface area contributed by atoms with E-state index in [9.17, 15) is 18.0 Å². The number of aryl methyl sites for hydroxylation is 1. The third-order valence-corrected chi connectivity index (χ3v) is 4.56. The molecule has 26 heavy (non-hydrogen) atoms. The van der Waals surface area contributed by atoms with Crippen LogP contribution in [0.25, 0.3) is 0 Å². The van der Waals surface area contributed by atoms with Gasteiger partial charge in [0, 0.05) is 17.0 Å². The summed E-state index contributed by atoms with van der Waals surface area (Å²) in [4.78, 5) is 16.7. The van der Waals surface area contributed by atoms with Crippen LogP contribution in [0.2, 0.25) is 5.02 Å². The maximum absolute atomic E-state index is 13.3. The Kier molecular flexibility index (Phi) is 6.35. The largest absolute Gasteiger partial charge is 0.435 e. The molecule has 0 N–H and O–H groups in total. The second kappa shape index (κ2) is 8.13. The van der Waals surface area contributed by atoms with E-state index >= 15 is 0 Å². The van der Waals surface area contributed by atoms with Crippen molar-refractivity contribution in [3.05, 3.63) is 40.5 Å². The van der Waals surface area contributed by atoms with Crippen LogP contribution in [-0.2, 0) is 22.9 Å². The van der Waals surface area contributed by atoms with Gasteiger partial charge in [-0.2, -0.15) is 18.3 Å². The highest BCUT2D eigenvalue weighted by atomic mass is 35.5. The van der Waals surface area contributed by atoms with E-state index in [-0.39, 0.29) is 10.6 Å². The number of rotatable bonds is 5. The molecule has 140 valence electrons. The third kappa shape index (κ3) is 5.01. The molecule has 0 spiro atoms. The predicted molar refractivity (Wildman–Crippen MR) is 92.3 cm³/mol. The first-order chi connectivity index (χ1) is 12.1. The Balaban J connectivity index is 2.40. The first-order valence-electron chi connectivity index (χ1n) is 7.41. The second-order valence-electron chi connectivity index (χ2n) is 5.54. The molecule has 0 aliphatic rings. The van der Waals surface area contributed by atoms with Gasteiger partial charge in [-0.25, -0.2) is 4.79 Å². The van der Waals surface area contributed by atoms with Crippen molar-refractivity contribution >= 4 is 35.5 Å². The molecule has 0 atom stereocenters. The lowest BCUT2D eigenvalue weighted by atomic mass is 10.2. The highest BCUT2D eigenvalue weighted by molar-refractivity contribution is 7.99. The number of carbonyl (C=O) groups is 1. The fourth-order valence-electron chi connectivity index (χ4n) is 1.82. The van der Waals surface area contributed by atoms with E-state index in [4.69, 9.17) is 11.6 Å². The van der Waals surface area contributed by atoms with Gasteiger partial charge >= 0.3 is 12.1 Å². The first-order valence-corrected chi connectivity index (χ1v) is 8.61. The van der Waals surface area contributed by atoms with Crippen molar-refractivity contribution in [3.63, 3.8) is 0 Å². The number of oxime groups is 1. The zero-order valence-electron chi connectivity index (χ0n) is 14.0. The smallest absolute Gasteiger partial charge is 0.318 e. The van der Waals surface area contributed by atoms with Gasteiger partial charge in [-0.1, -0.05) is 42.4 Å². The molecule has 0 saturated heterocycles. The molecule has 10 heteroatoms. The predicted octanol–water partition coefficient (Wildman–Crippen LogP) is 4.78. The zero-order chi connectivity index (χ0) is 19.5. The molecule has 5 nitrogen and oxygen atoms in total. The lowest BCUT2D eigenvalue weighted by molar-refractivity contribution is -0.147. The second-order valence-corrected chi connectivity index (χ2v) is 7.04. The molecule has 0 unspecified atom stereocenters. The Morgan fingerprint density at radius 1 is 1.35 bits per heavy atom. The molecule has 2 rings (SSSR count). The number of carbonyl (C=O) groups excluding carboxylic acids is 1. The van der Waals surface area contributed by atoms with Gasteiger partial charge in [-0.15, -0.1) is 0 Å². The molecule has 1 aromatic heterocycles. The van der Waals surface area contributed by atoms with Crippen molar-refractivity contribution in [1.82, 2.24) is 9.78 Å². The molecule has 0 aliphatic carbocycles. The van der Waals surface area contributed by atoms with Crippen molar-refractivity contribution in [2.45, 2.75) is 29.9 Å². The molecule has 0 radical (unpaired) electrons. The summed E-state index contributed by atoms with van der Waals surface area (Å²) in [6.07, 6.45) is -3.83. The summed E-state index contributed by atoms with van der Waals surface area (Å²) in [7, 11) is 1.39. The molecule has 2 aromatic rings. The van der Waals surface area contributed by atoms with Crippen LogP contribution in [0, 0.1) is 5.92 Å². The van der Waals surface area contributed by atoms with E-state index in [0.717, 1.165) is 22.7 Å². The Morgan fingerprint density at radius 2 is 1.96 bits per heavy atom. The summed E-state index contributed by atoms with van der Waals surface area (Å²) >= 11 is 6.88. The van der Waals surface area contributed by atoms with E-state index in [2.05, 4.69) is 15.1 Å². The van der Waals surface area contributed by atoms with Crippen molar-refractivity contribution in [2.75, 3.05) is 0 Å².